The number of hydrogen-bond donors (Lipinski definition) is 2. The molecule has 7 nitrogen and oxygen atoms in total. The number of nitrogens with one attached hydrogen (secondary N) is 2. The van der Waals surface area contributed by atoms with Gasteiger partial charge in [0.15, 0.2) is 11.5 Å². The maximum absolute atomic E-state index is 13.1. The Morgan fingerprint density at radius 3 is 2.53 bits per heavy atom. The molecule has 2 amide bonds. The van der Waals surface area contributed by atoms with Gasteiger partial charge in [0.2, 0.25) is 0 Å². The van der Waals surface area contributed by atoms with Gasteiger partial charge in [-0.15, -0.1) is 0 Å². The summed E-state index contributed by atoms with van der Waals surface area (Å²) >= 11 is 3.43. The molecular formula is C23H25BrFN3O4. The number of benzene rings is 2. The van der Waals surface area contributed by atoms with E-state index >= 15 is 0 Å². The van der Waals surface area contributed by atoms with Crippen molar-refractivity contribution in [2.75, 3.05) is 13.7 Å². The van der Waals surface area contributed by atoms with Gasteiger partial charge in [0.05, 0.1) is 17.8 Å². The summed E-state index contributed by atoms with van der Waals surface area (Å²) in [6.45, 7) is 7.52. The quantitative estimate of drug-likeness (QED) is 0.289. The van der Waals surface area contributed by atoms with E-state index in [1.807, 2.05) is 0 Å². The third-order valence-corrected chi connectivity index (χ3v) is 4.92. The highest BCUT2D eigenvalue weighted by Gasteiger charge is 2.24. The number of hydrazone groups is 1. The van der Waals surface area contributed by atoms with Gasteiger partial charge in [0.25, 0.3) is 11.8 Å². The van der Waals surface area contributed by atoms with Crippen LogP contribution in [0.15, 0.2) is 58.6 Å². The molecule has 0 spiro atoms. The van der Waals surface area contributed by atoms with E-state index in [1.165, 1.54) is 37.6 Å². The molecule has 0 heterocycles. The number of ether oxygens (including phenoxy) is 2. The second kappa shape index (κ2) is 12.0. The Morgan fingerprint density at radius 2 is 1.94 bits per heavy atom. The molecule has 1 atom stereocenters. The predicted molar refractivity (Wildman–Crippen MR) is 125 cm³/mol. The largest absolute Gasteiger partial charge is 0.493 e. The Kier molecular flexibility index (Phi) is 9.39. The van der Waals surface area contributed by atoms with E-state index in [2.05, 4.69) is 38.4 Å². The smallest absolute Gasteiger partial charge is 0.262 e. The monoisotopic (exact) mass is 505 g/mol. The van der Waals surface area contributed by atoms with Crippen molar-refractivity contribution in [3.05, 3.63) is 70.5 Å². The molecule has 2 rings (SSSR count). The van der Waals surface area contributed by atoms with Gasteiger partial charge in [-0.25, -0.2) is 9.82 Å². The molecule has 1 unspecified atom stereocenters. The van der Waals surface area contributed by atoms with Crippen LogP contribution >= 0.6 is 15.9 Å². The van der Waals surface area contributed by atoms with Crippen molar-refractivity contribution in [2.45, 2.75) is 19.9 Å². The van der Waals surface area contributed by atoms with Crippen LogP contribution in [0.2, 0.25) is 0 Å². The Hall–Kier alpha value is -3.20. The minimum Gasteiger partial charge on any atom is -0.493 e. The lowest BCUT2D eigenvalue weighted by Crippen LogP contribution is -2.48. The van der Waals surface area contributed by atoms with Gasteiger partial charge in [-0.05, 0) is 63.8 Å². The second-order valence-electron chi connectivity index (χ2n) is 7.07. The maximum Gasteiger partial charge on any atom is 0.262 e. The molecule has 32 heavy (non-hydrogen) atoms. The number of hydrogen-bond acceptors (Lipinski definition) is 5. The molecule has 0 aliphatic carbocycles. The van der Waals surface area contributed by atoms with Gasteiger partial charge in [-0.2, -0.15) is 5.10 Å². The molecule has 0 bridgehead atoms. The normalized spacial score (nSPS) is 11.8. The summed E-state index contributed by atoms with van der Waals surface area (Å²) in [6.07, 6.45) is 3.07. The third-order valence-electron chi connectivity index (χ3n) is 4.33. The van der Waals surface area contributed by atoms with E-state index in [0.29, 0.717) is 28.1 Å². The van der Waals surface area contributed by atoms with Crippen molar-refractivity contribution in [3.8, 4) is 11.5 Å². The highest BCUT2D eigenvalue weighted by atomic mass is 79.9. The Balaban J connectivity index is 2.07. The number of carbonyl (C=O) groups is 2. The van der Waals surface area contributed by atoms with Gasteiger partial charge < -0.3 is 14.8 Å². The molecule has 0 radical (unpaired) electrons. The molecule has 0 aromatic heterocycles. The molecule has 0 fully saturated rings. The topological polar surface area (TPSA) is 89.0 Å². The Bertz CT molecular complexity index is 993. The lowest BCUT2D eigenvalue weighted by Gasteiger charge is -2.20. The van der Waals surface area contributed by atoms with Crippen LogP contribution in [0, 0.1) is 11.7 Å². The van der Waals surface area contributed by atoms with Crippen LogP contribution < -0.4 is 20.2 Å². The van der Waals surface area contributed by atoms with Crippen molar-refractivity contribution >= 4 is 34.0 Å². The summed E-state index contributed by atoms with van der Waals surface area (Å²) in [5.41, 5.74) is 3.34. The van der Waals surface area contributed by atoms with E-state index in [1.54, 1.807) is 32.1 Å². The van der Waals surface area contributed by atoms with Crippen molar-refractivity contribution in [3.63, 3.8) is 0 Å². The SMILES string of the molecule is C=CCOc1c(Br)cc(/C=N/NC(=O)C(NC(=O)c2ccc(F)cc2)C(C)C)cc1OC. The zero-order valence-electron chi connectivity index (χ0n) is 18.0. The molecule has 2 N–H and O–H groups in total. The summed E-state index contributed by atoms with van der Waals surface area (Å²) in [7, 11) is 1.52. The van der Waals surface area contributed by atoms with Crippen LogP contribution in [0.1, 0.15) is 29.8 Å². The minimum absolute atomic E-state index is 0.204. The highest BCUT2D eigenvalue weighted by Crippen LogP contribution is 2.36. The lowest BCUT2D eigenvalue weighted by atomic mass is 10.0. The number of carbonyl (C=O) groups excluding carboxylic acids is 2. The first-order valence-corrected chi connectivity index (χ1v) is 10.6. The van der Waals surface area contributed by atoms with Crippen molar-refractivity contribution in [1.82, 2.24) is 10.7 Å². The van der Waals surface area contributed by atoms with Crippen LogP contribution in [-0.4, -0.2) is 37.8 Å². The van der Waals surface area contributed by atoms with Crippen molar-refractivity contribution < 1.29 is 23.5 Å². The fraction of sp³-hybridized carbons (Fsp3) is 0.261. The van der Waals surface area contributed by atoms with Gasteiger partial charge in [0.1, 0.15) is 18.5 Å². The number of amides is 2. The summed E-state index contributed by atoms with van der Waals surface area (Å²) < 4.78 is 24.6. The van der Waals surface area contributed by atoms with E-state index in [0.717, 1.165) is 0 Å². The number of rotatable bonds is 10. The average Bonchev–Trinajstić information content (AvgIpc) is 2.76. The van der Waals surface area contributed by atoms with Crippen LogP contribution in [0.3, 0.4) is 0 Å². The summed E-state index contributed by atoms with van der Waals surface area (Å²) in [4.78, 5) is 25.0. The Labute approximate surface area is 194 Å². The van der Waals surface area contributed by atoms with Crippen LogP contribution in [-0.2, 0) is 4.79 Å². The zero-order valence-corrected chi connectivity index (χ0v) is 19.6. The van der Waals surface area contributed by atoms with Gasteiger partial charge >= 0.3 is 0 Å². The molecule has 2 aromatic rings. The second-order valence-corrected chi connectivity index (χ2v) is 7.92. The van der Waals surface area contributed by atoms with Gasteiger partial charge in [-0.1, -0.05) is 26.5 Å². The van der Waals surface area contributed by atoms with E-state index < -0.39 is 23.7 Å². The number of nitrogens with zero attached hydrogens (tertiary/aromatic N) is 1. The fourth-order valence-corrected chi connectivity index (χ4v) is 3.27. The first kappa shape index (κ1) is 25.1. The highest BCUT2D eigenvalue weighted by molar-refractivity contribution is 9.10. The standard InChI is InChI=1S/C23H25BrFN3O4/c1-5-10-32-21-18(24)11-15(12-19(21)31-4)13-26-28-23(30)20(14(2)3)27-22(29)16-6-8-17(25)9-7-16/h5-9,11-14,20H,1,10H2,2-4H3,(H,27,29)(H,28,30)/b26-13+. The van der Waals surface area contributed by atoms with Crippen molar-refractivity contribution in [1.29, 1.82) is 0 Å². The van der Waals surface area contributed by atoms with Crippen molar-refractivity contribution in [2.24, 2.45) is 11.0 Å². The minimum atomic E-state index is -0.833. The van der Waals surface area contributed by atoms with Crippen LogP contribution in [0.25, 0.3) is 0 Å². The number of halogens is 2. The molecule has 0 aliphatic rings. The fourth-order valence-electron chi connectivity index (χ4n) is 2.70. The number of methoxy groups -OCH3 is 1. The molecule has 9 heteroatoms. The molecular weight excluding hydrogens is 481 g/mol. The lowest BCUT2D eigenvalue weighted by molar-refractivity contribution is -0.123. The molecule has 0 saturated carbocycles. The van der Waals surface area contributed by atoms with Gasteiger partial charge in [0, 0.05) is 5.56 Å². The zero-order chi connectivity index (χ0) is 23.7. The van der Waals surface area contributed by atoms with E-state index in [-0.39, 0.29) is 11.5 Å². The first-order chi connectivity index (χ1) is 15.3. The third kappa shape index (κ3) is 6.91. The molecule has 0 aliphatic heterocycles. The maximum atomic E-state index is 13.1. The summed E-state index contributed by atoms with van der Waals surface area (Å²) in [5.74, 6) is -0.601. The molecule has 0 saturated heterocycles. The van der Waals surface area contributed by atoms with E-state index in [9.17, 15) is 14.0 Å². The van der Waals surface area contributed by atoms with E-state index in [4.69, 9.17) is 9.47 Å². The van der Waals surface area contributed by atoms with Crippen LogP contribution in [0.5, 0.6) is 11.5 Å². The summed E-state index contributed by atoms with van der Waals surface area (Å²) in [5, 5.41) is 6.64. The predicted octanol–water partition coefficient (Wildman–Crippen LogP) is 4.07. The average molecular weight is 506 g/mol. The first-order valence-electron chi connectivity index (χ1n) is 9.77. The van der Waals surface area contributed by atoms with Gasteiger partial charge in [-0.3, -0.25) is 9.59 Å². The van der Waals surface area contributed by atoms with Crippen LogP contribution in [0.4, 0.5) is 4.39 Å². The summed E-state index contributed by atoms with van der Waals surface area (Å²) in [6, 6.07) is 7.70. The Morgan fingerprint density at radius 1 is 1.25 bits per heavy atom. The molecule has 2 aromatic carbocycles. The molecule has 170 valence electrons.